The fraction of sp³-hybridized carbons (Fsp3) is 0.571. The van der Waals surface area contributed by atoms with Crippen molar-refractivity contribution >= 4 is 39.1 Å². The second-order valence-electron chi connectivity index (χ2n) is 5.08. The normalized spacial score (nSPS) is 12.4. The largest absolute Gasteiger partial charge is 0.481 e. The molecule has 0 fully saturated rings. The molecule has 1 unspecified atom stereocenters. The van der Waals surface area contributed by atoms with E-state index in [1.807, 2.05) is 6.07 Å². The number of hydrogen-bond donors (Lipinski definition) is 2. The van der Waals surface area contributed by atoms with Gasteiger partial charge in [-0.15, -0.1) is 11.3 Å². The molecule has 1 aromatic rings. The van der Waals surface area contributed by atoms with Gasteiger partial charge in [-0.3, -0.25) is 9.59 Å². The molecule has 1 rings (SSSR count). The number of amides is 1. The van der Waals surface area contributed by atoms with Gasteiger partial charge in [0.25, 0.3) is 5.91 Å². The molecule has 1 heterocycles. The van der Waals surface area contributed by atoms with Gasteiger partial charge in [0, 0.05) is 13.0 Å². The van der Waals surface area contributed by atoms with Crippen molar-refractivity contribution in [2.45, 2.75) is 33.1 Å². The van der Waals surface area contributed by atoms with Crippen molar-refractivity contribution in [1.82, 2.24) is 5.32 Å². The van der Waals surface area contributed by atoms with Crippen LogP contribution in [0, 0.1) is 11.8 Å². The van der Waals surface area contributed by atoms with Crippen molar-refractivity contribution in [3.8, 4) is 0 Å². The third-order valence-electron chi connectivity index (χ3n) is 3.27. The maximum Gasteiger partial charge on any atom is 0.303 e. The Morgan fingerprint density at radius 2 is 2.05 bits per heavy atom. The summed E-state index contributed by atoms with van der Waals surface area (Å²) in [5, 5.41) is 11.6. The van der Waals surface area contributed by atoms with Gasteiger partial charge in [-0.25, -0.2) is 0 Å². The fourth-order valence-electron chi connectivity index (χ4n) is 2.01. The average Bonchev–Trinajstić information content (AvgIpc) is 2.79. The lowest BCUT2D eigenvalue weighted by molar-refractivity contribution is -0.137. The summed E-state index contributed by atoms with van der Waals surface area (Å²) in [4.78, 5) is 23.2. The monoisotopic (exact) mass is 361 g/mol. The number of hydrogen-bond acceptors (Lipinski definition) is 3. The molecule has 0 aliphatic carbocycles. The van der Waals surface area contributed by atoms with E-state index in [2.05, 4.69) is 35.1 Å². The minimum Gasteiger partial charge on any atom is -0.481 e. The molecule has 1 amide bonds. The lowest BCUT2D eigenvalue weighted by Gasteiger charge is -2.20. The van der Waals surface area contributed by atoms with E-state index in [0.29, 0.717) is 29.7 Å². The Labute approximate surface area is 131 Å². The molecule has 4 nitrogen and oxygen atoms in total. The molecule has 20 heavy (non-hydrogen) atoms. The zero-order chi connectivity index (χ0) is 15.1. The molecule has 2 N–H and O–H groups in total. The van der Waals surface area contributed by atoms with Crippen LogP contribution in [0.3, 0.4) is 0 Å². The highest BCUT2D eigenvalue weighted by Gasteiger charge is 2.15. The highest BCUT2D eigenvalue weighted by Crippen LogP contribution is 2.23. The Hall–Kier alpha value is -0.880. The predicted molar refractivity (Wildman–Crippen MR) is 84.2 cm³/mol. The molecule has 0 radical (unpaired) electrons. The number of carbonyl (C=O) groups excluding carboxylic acids is 1. The van der Waals surface area contributed by atoms with Gasteiger partial charge in [-0.05, 0) is 52.7 Å². The number of aliphatic carboxylic acids is 1. The summed E-state index contributed by atoms with van der Waals surface area (Å²) < 4.78 is 0.934. The number of halogens is 1. The lowest BCUT2D eigenvalue weighted by Crippen LogP contribution is -2.26. The Balaban J connectivity index is 2.36. The molecule has 0 aromatic carbocycles. The number of nitrogens with one attached hydrogen (secondary N) is 1. The Morgan fingerprint density at radius 1 is 1.35 bits per heavy atom. The van der Waals surface area contributed by atoms with Gasteiger partial charge in [0.2, 0.25) is 0 Å². The number of carbonyl (C=O) groups is 2. The summed E-state index contributed by atoms with van der Waals surface area (Å²) in [6, 6.07) is 3.64. The Bertz CT molecular complexity index is 459. The molecule has 0 aliphatic rings. The van der Waals surface area contributed by atoms with Crippen molar-refractivity contribution in [2.75, 3.05) is 6.54 Å². The molecule has 0 saturated heterocycles. The topological polar surface area (TPSA) is 66.4 Å². The first-order chi connectivity index (χ1) is 9.40. The molecule has 1 aromatic heterocycles. The molecule has 0 spiro atoms. The van der Waals surface area contributed by atoms with E-state index in [9.17, 15) is 9.59 Å². The van der Waals surface area contributed by atoms with Gasteiger partial charge in [-0.1, -0.05) is 13.8 Å². The van der Waals surface area contributed by atoms with Gasteiger partial charge < -0.3 is 10.4 Å². The zero-order valence-electron chi connectivity index (χ0n) is 11.7. The van der Waals surface area contributed by atoms with E-state index < -0.39 is 5.97 Å². The third-order valence-corrected chi connectivity index (χ3v) is 4.89. The van der Waals surface area contributed by atoms with Crippen LogP contribution in [0.5, 0.6) is 0 Å². The SMILES string of the molecule is CC(C)C(CCNC(=O)c1ccc(Br)s1)CCC(=O)O. The molecule has 0 aliphatic heterocycles. The summed E-state index contributed by atoms with van der Waals surface area (Å²) in [5.74, 6) is -0.0897. The second kappa shape index (κ2) is 8.42. The smallest absolute Gasteiger partial charge is 0.303 e. The second-order valence-corrected chi connectivity index (χ2v) is 7.55. The van der Waals surface area contributed by atoms with Crippen molar-refractivity contribution in [3.63, 3.8) is 0 Å². The number of carboxylic acids is 1. The molecular weight excluding hydrogens is 342 g/mol. The summed E-state index contributed by atoms with van der Waals surface area (Å²) in [7, 11) is 0. The van der Waals surface area contributed by atoms with Crippen molar-refractivity contribution in [3.05, 3.63) is 20.8 Å². The minimum absolute atomic E-state index is 0.0681. The van der Waals surface area contributed by atoms with Crippen LogP contribution in [-0.2, 0) is 4.79 Å². The molecule has 1 atom stereocenters. The maximum absolute atomic E-state index is 11.9. The first-order valence-corrected chi connectivity index (χ1v) is 8.26. The van der Waals surface area contributed by atoms with E-state index >= 15 is 0 Å². The quantitative estimate of drug-likeness (QED) is 0.740. The van der Waals surface area contributed by atoms with E-state index in [1.165, 1.54) is 11.3 Å². The molecule has 6 heteroatoms. The average molecular weight is 362 g/mol. The summed E-state index contributed by atoms with van der Waals surface area (Å²) in [5.41, 5.74) is 0. The fourth-order valence-corrected chi connectivity index (χ4v) is 3.32. The van der Waals surface area contributed by atoms with E-state index in [-0.39, 0.29) is 12.3 Å². The van der Waals surface area contributed by atoms with Crippen LogP contribution >= 0.6 is 27.3 Å². The number of thiophene rings is 1. The van der Waals surface area contributed by atoms with Gasteiger partial charge in [0.1, 0.15) is 0 Å². The van der Waals surface area contributed by atoms with Gasteiger partial charge in [-0.2, -0.15) is 0 Å². The maximum atomic E-state index is 11.9. The minimum atomic E-state index is -0.761. The van der Waals surface area contributed by atoms with Crippen LogP contribution in [0.1, 0.15) is 42.8 Å². The van der Waals surface area contributed by atoms with E-state index in [0.717, 1.165) is 10.2 Å². The standard InChI is InChI=1S/C14H20BrNO3S/c1-9(2)10(3-6-13(17)18)7-8-16-14(19)11-4-5-12(15)20-11/h4-5,9-10H,3,6-8H2,1-2H3,(H,16,19)(H,17,18). The predicted octanol–water partition coefficient (Wildman–Crippen LogP) is 3.77. The van der Waals surface area contributed by atoms with Crippen molar-refractivity contribution < 1.29 is 14.7 Å². The van der Waals surface area contributed by atoms with E-state index in [4.69, 9.17) is 5.11 Å². The first-order valence-electron chi connectivity index (χ1n) is 6.65. The zero-order valence-corrected chi connectivity index (χ0v) is 14.1. The first kappa shape index (κ1) is 17.2. The molecular formula is C14H20BrNO3S. The van der Waals surface area contributed by atoms with Gasteiger partial charge >= 0.3 is 5.97 Å². The van der Waals surface area contributed by atoms with Crippen molar-refractivity contribution in [1.29, 1.82) is 0 Å². The highest BCUT2D eigenvalue weighted by molar-refractivity contribution is 9.11. The van der Waals surface area contributed by atoms with Crippen LogP contribution in [0.15, 0.2) is 15.9 Å². The third kappa shape index (κ3) is 6.05. The van der Waals surface area contributed by atoms with Crippen LogP contribution < -0.4 is 5.32 Å². The summed E-state index contributed by atoms with van der Waals surface area (Å²) in [6.45, 7) is 4.76. The summed E-state index contributed by atoms with van der Waals surface area (Å²) in [6.07, 6.45) is 1.66. The number of carboxylic acid groups (broad SMARTS) is 1. The van der Waals surface area contributed by atoms with Gasteiger partial charge in [0.15, 0.2) is 0 Å². The molecule has 0 bridgehead atoms. The molecule has 0 saturated carbocycles. The van der Waals surface area contributed by atoms with Crippen molar-refractivity contribution in [2.24, 2.45) is 11.8 Å². The molecule has 112 valence electrons. The van der Waals surface area contributed by atoms with Gasteiger partial charge in [0.05, 0.1) is 8.66 Å². The van der Waals surface area contributed by atoms with Crippen LogP contribution in [0.4, 0.5) is 0 Å². The van der Waals surface area contributed by atoms with Crippen LogP contribution in [0.25, 0.3) is 0 Å². The number of rotatable bonds is 8. The van der Waals surface area contributed by atoms with E-state index in [1.54, 1.807) is 6.07 Å². The van der Waals surface area contributed by atoms with Crippen LogP contribution in [0.2, 0.25) is 0 Å². The summed E-state index contributed by atoms with van der Waals surface area (Å²) >= 11 is 4.73. The Morgan fingerprint density at radius 3 is 2.55 bits per heavy atom. The highest BCUT2D eigenvalue weighted by atomic mass is 79.9. The van der Waals surface area contributed by atoms with Crippen LogP contribution in [-0.4, -0.2) is 23.5 Å². The lowest BCUT2D eigenvalue weighted by atomic mass is 9.88. The Kier molecular flexibility index (Phi) is 7.23.